The van der Waals surface area contributed by atoms with Gasteiger partial charge in [-0.3, -0.25) is 34.1 Å². The van der Waals surface area contributed by atoms with Crippen molar-refractivity contribution in [1.29, 1.82) is 0 Å². The number of benzene rings is 2. The van der Waals surface area contributed by atoms with E-state index in [0.29, 0.717) is 90.8 Å². The van der Waals surface area contributed by atoms with E-state index in [1.807, 2.05) is 49.4 Å². The molecule has 8 atom stereocenters. The number of carbonyl (C=O) groups is 8. The average molecular weight is 1470 g/mol. The topological polar surface area (TPSA) is 313 Å². The van der Waals surface area contributed by atoms with E-state index < -0.39 is 75.0 Å². The maximum atomic E-state index is 14.5. The van der Waals surface area contributed by atoms with Crippen LogP contribution in [0.25, 0.3) is 11.0 Å². The lowest BCUT2D eigenvalue weighted by molar-refractivity contribution is -0.162. The maximum absolute atomic E-state index is 14.5. The summed E-state index contributed by atoms with van der Waals surface area (Å²) >= 11 is 11.6. The van der Waals surface area contributed by atoms with E-state index in [1.165, 1.54) is 42.6 Å². The number of methoxy groups -OCH3 is 1. The Morgan fingerprint density at radius 2 is 1.62 bits per heavy atom. The Labute approximate surface area is 608 Å². The number of thioether (sulfide) groups is 3. The fourth-order valence-corrected chi connectivity index (χ4v) is 16.7. The Morgan fingerprint density at radius 3 is 2.35 bits per heavy atom. The number of aliphatic hydroxyl groups is 1. The quantitative estimate of drug-likeness (QED) is 0.0357. The van der Waals surface area contributed by atoms with Crippen LogP contribution in [-0.4, -0.2) is 196 Å². The molecule has 4 bridgehead atoms. The number of carbonyl (C=O) groups excluding carboxylic acids is 8. The smallest absolute Gasteiger partial charge is 0.409 e. The van der Waals surface area contributed by atoms with Crippen LogP contribution in [0.2, 0.25) is 5.02 Å². The number of nitrogens with two attached hydrogens (primary N) is 1. The SMILES string of the molecule is COc1cc2cc(c1Cl)N(C)C(=O)C[C@H](OC(=O)[C@H](C)N(C)C(=O)CCSCC(=O)N1CCC(C(=O)NC3=C/C=C\C=C/C=C\3C3(C)SCc4nc5cc(C(=O)NCCOCCOCCC(N)=O)ccc5nc4CSC3(C)C)CC1)[C@]1(C)O[C@H]1[C@H](C)[C@@H]1C[C@](O)(C/C=C/C=C(\C)C2)NC(=O)O1. The Morgan fingerprint density at radius 1 is 0.921 bits per heavy atom. The number of nitrogens with one attached hydrogen (secondary N) is 3. The van der Waals surface area contributed by atoms with Gasteiger partial charge in [-0.25, -0.2) is 19.6 Å². The molecule has 5 aliphatic heterocycles. The van der Waals surface area contributed by atoms with Crippen molar-refractivity contribution < 1.29 is 71.9 Å². The second kappa shape index (κ2) is 34.4. The number of hydrogen-bond acceptors (Lipinski definition) is 20. The molecule has 28 heteroatoms. The van der Waals surface area contributed by atoms with E-state index in [4.69, 9.17) is 55.7 Å². The van der Waals surface area contributed by atoms with E-state index in [1.54, 1.807) is 85.7 Å². The van der Waals surface area contributed by atoms with Gasteiger partial charge in [-0.05, 0) is 108 Å². The lowest BCUT2D eigenvalue weighted by Gasteiger charge is -2.47. The van der Waals surface area contributed by atoms with Gasteiger partial charge < -0.3 is 64.6 Å². The molecule has 1 unspecified atom stereocenters. The molecule has 546 valence electrons. The lowest BCUT2D eigenvalue weighted by atomic mass is 9.84. The van der Waals surface area contributed by atoms with E-state index in [-0.39, 0.29) is 97.9 Å². The fourth-order valence-electron chi connectivity index (χ4n) is 12.8. The number of amides is 7. The van der Waals surface area contributed by atoms with Crippen LogP contribution >= 0.6 is 46.9 Å². The number of likely N-dealkylation sites (N-methyl/N-ethyl adjacent to an activating group) is 1. The molecule has 9 rings (SSSR count). The summed E-state index contributed by atoms with van der Waals surface area (Å²) in [4.78, 5) is 122. The molecule has 3 aromatic rings. The van der Waals surface area contributed by atoms with Crippen molar-refractivity contribution in [2.45, 2.75) is 157 Å². The van der Waals surface area contributed by atoms with Gasteiger partial charge in [0.2, 0.25) is 29.5 Å². The molecule has 0 spiro atoms. The van der Waals surface area contributed by atoms with Gasteiger partial charge in [-0.1, -0.05) is 72.7 Å². The van der Waals surface area contributed by atoms with Gasteiger partial charge in [0.25, 0.3) is 5.91 Å². The highest BCUT2D eigenvalue weighted by Crippen LogP contribution is 2.54. The Bertz CT molecular complexity index is 3820. The molecular weight excluding hydrogens is 1370 g/mol. The monoisotopic (exact) mass is 1470 g/mol. The molecule has 7 amide bonds. The number of hydrogen-bond donors (Lipinski definition) is 5. The van der Waals surface area contributed by atoms with Crippen LogP contribution in [0.1, 0.15) is 121 Å². The first kappa shape index (κ1) is 77.9. The summed E-state index contributed by atoms with van der Waals surface area (Å²) in [6, 6.07) is 7.78. The van der Waals surface area contributed by atoms with Crippen LogP contribution in [0.15, 0.2) is 102 Å². The molecule has 3 fully saturated rings. The Balaban J connectivity index is 0.763. The van der Waals surface area contributed by atoms with Gasteiger partial charge in [-0.15, -0.1) is 23.5 Å². The zero-order valence-corrected chi connectivity index (χ0v) is 62.3. The predicted molar refractivity (Wildman–Crippen MR) is 391 cm³/mol. The number of piperidine rings is 1. The van der Waals surface area contributed by atoms with Gasteiger partial charge in [0.15, 0.2) is 0 Å². The Kier molecular flexibility index (Phi) is 26.5. The molecular formula is C73H94ClN9O15S3. The number of fused-ring (bicyclic) bond motifs is 7. The number of esters is 1. The van der Waals surface area contributed by atoms with Gasteiger partial charge in [0, 0.05) is 105 Å². The summed E-state index contributed by atoms with van der Waals surface area (Å²) in [6.45, 7) is 15.8. The highest BCUT2D eigenvalue weighted by molar-refractivity contribution is 8.04. The molecule has 1 aliphatic carbocycles. The first-order valence-electron chi connectivity index (χ1n) is 34.1. The maximum Gasteiger partial charge on any atom is 0.409 e. The number of nitrogens with zero attached hydrogens (tertiary/aromatic N) is 5. The number of primary amides is 1. The molecule has 6 heterocycles. The van der Waals surface area contributed by atoms with Gasteiger partial charge in [-0.2, -0.15) is 11.8 Å². The Hall–Kier alpha value is -7.24. The highest BCUT2D eigenvalue weighted by Gasteiger charge is 2.64. The minimum Gasteiger partial charge on any atom is -0.495 e. The van der Waals surface area contributed by atoms with E-state index in [2.05, 4.69) is 42.8 Å². The second-order valence-corrected chi connectivity index (χ2v) is 31.6. The molecule has 2 aromatic carbocycles. The van der Waals surface area contributed by atoms with E-state index >= 15 is 0 Å². The highest BCUT2D eigenvalue weighted by atomic mass is 35.5. The van der Waals surface area contributed by atoms with Gasteiger partial charge >= 0.3 is 12.1 Å². The van der Waals surface area contributed by atoms with Crippen molar-refractivity contribution in [3.8, 4) is 5.75 Å². The average Bonchev–Trinajstić information content (AvgIpc) is 1.57. The van der Waals surface area contributed by atoms with Crippen molar-refractivity contribution in [2.75, 3.05) is 83.7 Å². The molecule has 0 saturated carbocycles. The molecule has 3 saturated heterocycles. The predicted octanol–water partition coefficient (Wildman–Crippen LogP) is 8.60. The standard InChI is InChI=1S/C73H94ClN9O15S3/c1-44-17-15-16-26-73(92)40-58(96-69(91)80-73)45(2)65-71(6,98-65)59(39-62(86)82(9)56-36-47(35-44)37-57(93-10)64(56)74)97-68(90)46(3)81(8)61(85)25-34-99-43-63(87)83-28-22-48(23-29-83)67(89)79-51-19-14-12-11-13-18-50(51)72(7)70(4,5)100-41-54-55(42-101-72)78-53-38-49(20-21-52(53)77-54)66(88)76-27-31-95-33-32-94-30-24-60(75)84/h11-21,36-38,45-46,48,58-59,65,92H,22-35,39-43H2,1-10H3,(H2,75,84)(H,76,88)(H,79,89)(H,80,91)/b12-11?,13-11-,14-12-,16-15+,18-13?,19-14?,44-17+,50-18+,51-19+,51-50?/t45-,46+,58+,59+,65+,71+,72?,73-/m1/s1. The van der Waals surface area contributed by atoms with Crippen molar-refractivity contribution in [1.82, 2.24) is 35.7 Å². The summed E-state index contributed by atoms with van der Waals surface area (Å²) in [5.74, 6) is -1.66. The minimum absolute atomic E-state index is 0.00346. The summed E-state index contributed by atoms with van der Waals surface area (Å²) in [6.07, 6.45) is 15.0. The number of ether oxygens (including phenoxy) is 6. The second-order valence-electron chi connectivity index (χ2n) is 27.1. The minimum atomic E-state index is -1.63. The van der Waals surface area contributed by atoms with Gasteiger partial charge in [0.1, 0.15) is 40.3 Å². The number of rotatable bonds is 22. The van der Waals surface area contributed by atoms with Gasteiger partial charge in [0.05, 0.1) is 84.7 Å². The first-order valence-corrected chi connectivity index (χ1v) is 37.6. The number of halogens is 1. The zero-order chi connectivity index (χ0) is 73.0. The number of anilines is 1. The first-order chi connectivity index (χ1) is 48.0. The molecule has 6 N–H and O–H groups in total. The molecule has 24 nitrogen and oxygen atoms in total. The van der Waals surface area contributed by atoms with Crippen molar-refractivity contribution in [3.63, 3.8) is 0 Å². The number of epoxide rings is 1. The summed E-state index contributed by atoms with van der Waals surface area (Å²) in [7, 11) is 4.54. The van der Waals surface area contributed by atoms with Crippen molar-refractivity contribution in [2.24, 2.45) is 17.6 Å². The summed E-state index contributed by atoms with van der Waals surface area (Å²) in [5.41, 5.74) is 9.36. The zero-order valence-electron chi connectivity index (χ0n) is 59.1. The van der Waals surface area contributed by atoms with Crippen LogP contribution in [0.3, 0.4) is 0 Å². The van der Waals surface area contributed by atoms with Crippen LogP contribution < -0.4 is 31.3 Å². The normalized spacial score (nSPS) is 27.5. The number of alkyl carbamates (subject to hydrolysis) is 1. The summed E-state index contributed by atoms with van der Waals surface area (Å²) in [5, 5.41) is 20.6. The molecule has 0 radical (unpaired) electrons. The number of allylic oxidation sites excluding steroid dienone is 10. The fraction of sp³-hybridized carbons (Fsp3) is 0.534. The largest absolute Gasteiger partial charge is 0.495 e. The molecule has 6 aliphatic rings. The number of likely N-dealkylation sites (tertiary alicyclic amines) is 1. The van der Waals surface area contributed by atoms with Crippen LogP contribution in [-0.2, 0) is 70.4 Å². The lowest BCUT2D eigenvalue weighted by Crippen LogP contribution is -2.57. The summed E-state index contributed by atoms with van der Waals surface area (Å²) < 4.78 is 33.8. The van der Waals surface area contributed by atoms with Crippen LogP contribution in [0.5, 0.6) is 5.75 Å². The molecule has 1 aromatic heterocycles. The third-order valence-corrected chi connectivity index (χ3v) is 24.4. The van der Waals surface area contributed by atoms with Crippen LogP contribution in [0, 0.1) is 11.8 Å². The third kappa shape index (κ3) is 19.5. The van der Waals surface area contributed by atoms with E-state index in [0.717, 1.165) is 28.1 Å². The van der Waals surface area contributed by atoms with E-state index in [9.17, 15) is 43.5 Å². The van der Waals surface area contributed by atoms with Crippen molar-refractivity contribution in [3.05, 3.63) is 129 Å². The third-order valence-electron chi connectivity index (χ3n) is 19.7. The van der Waals surface area contributed by atoms with Crippen LogP contribution in [0.4, 0.5) is 10.5 Å². The number of aromatic nitrogens is 2. The van der Waals surface area contributed by atoms with Crippen molar-refractivity contribution >= 4 is 111 Å². The molecule has 101 heavy (non-hydrogen) atoms.